The summed E-state index contributed by atoms with van der Waals surface area (Å²) >= 11 is 11.2. The van der Waals surface area contributed by atoms with Crippen LogP contribution in [0.2, 0.25) is 10.0 Å². The molecular weight excluding hydrogens is 250 g/mol. The van der Waals surface area contributed by atoms with Gasteiger partial charge in [-0.25, -0.2) is 0 Å². The van der Waals surface area contributed by atoms with Gasteiger partial charge in [0.15, 0.2) is 0 Å². The highest BCUT2D eigenvalue weighted by Crippen LogP contribution is 2.33. The smallest absolute Gasteiger partial charge is 0.388 e. The summed E-state index contributed by atoms with van der Waals surface area (Å²) in [5.41, 5.74) is 7.52. The summed E-state index contributed by atoms with van der Waals surface area (Å²) in [6.45, 7) is 0. The van der Waals surface area contributed by atoms with Crippen LogP contribution < -0.4 is 0 Å². The number of rotatable bonds is 2. The maximum Gasteiger partial charge on any atom is 0.388 e. The SMILES string of the molecule is [NH-]C(CC(F)(F)F)c1ccc(Cl)c(Cl)c1. The van der Waals surface area contributed by atoms with Gasteiger partial charge in [0.05, 0.1) is 10.0 Å². The third kappa shape index (κ3) is 3.89. The summed E-state index contributed by atoms with van der Waals surface area (Å²) in [6, 6.07) is 2.68. The summed E-state index contributed by atoms with van der Waals surface area (Å²) < 4.78 is 36.0. The largest absolute Gasteiger partial charge is 0.671 e. The lowest BCUT2D eigenvalue weighted by atomic mass is 10.0. The highest BCUT2D eigenvalue weighted by molar-refractivity contribution is 6.42. The van der Waals surface area contributed by atoms with E-state index in [-0.39, 0.29) is 15.6 Å². The second kappa shape index (κ2) is 4.60. The van der Waals surface area contributed by atoms with Crippen LogP contribution in [-0.4, -0.2) is 6.18 Å². The quantitative estimate of drug-likeness (QED) is 0.708. The number of benzene rings is 1. The number of halogens is 5. The zero-order valence-electron chi connectivity index (χ0n) is 7.41. The molecule has 0 aromatic heterocycles. The molecule has 0 saturated heterocycles. The fourth-order valence-electron chi connectivity index (χ4n) is 1.08. The molecule has 0 bridgehead atoms. The molecule has 0 saturated carbocycles. The van der Waals surface area contributed by atoms with Gasteiger partial charge in [-0.15, -0.1) is 6.04 Å². The second-order valence-electron chi connectivity index (χ2n) is 3.05. The van der Waals surface area contributed by atoms with Crippen LogP contribution in [0.5, 0.6) is 0 Å². The average Bonchev–Trinajstić information content (AvgIpc) is 2.06. The molecule has 1 aromatic carbocycles. The predicted molar refractivity (Wildman–Crippen MR) is 54.2 cm³/mol. The predicted octanol–water partition coefficient (Wildman–Crippen LogP) is 5.04. The third-order valence-corrected chi connectivity index (χ3v) is 2.52. The zero-order valence-corrected chi connectivity index (χ0v) is 8.92. The van der Waals surface area contributed by atoms with Gasteiger partial charge in [0.2, 0.25) is 0 Å². The Bertz CT molecular complexity index is 352. The van der Waals surface area contributed by atoms with Crippen molar-refractivity contribution in [2.45, 2.75) is 18.6 Å². The Morgan fingerprint density at radius 2 is 1.80 bits per heavy atom. The van der Waals surface area contributed by atoms with Gasteiger partial charge in [0.1, 0.15) is 0 Å². The first kappa shape index (κ1) is 12.6. The van der Waals surface area contributed by atoms with Crippen LogP contribution in [0.1, 0.15) is 18.0 Å². The fraction of sp³-hybridized carbons (Fsp3) is 0.333. The molecule has 15 heavy (non-hydrogen) atoms. The molecule has 1 nitrogen and oxygen atoms in total. The van der Waals surface area contributed by atoms with Gasteiger partial charge < -0.3 is 5.73 Å². The zero-order chi connectivity index (χ0) is 11.6. The van der Waals surface area contributed by atoms with Crippen molar-refractivity contribution in [2.24, 2.45) is 0 Å². The van der Waals surface area contributed by atoms with Gasteiger partial charge in [-0.3, -0.25) is 0 Å². The van der Waals surface area contributed by atoms with E-state index in [0.717, 1.165) is 0 Å². The van der Waals surface area contributed by atoms with E-state index in [1.54, 1.807) is 0 Å². The molecule has 6 heteroatoms. The van der Waals surface area contributed by atoms with Crippen molar-refractivity contribution in [2.75, 3.05) is 0 Å². The van der Waals surface area contributed by atoms with Crippen molar-refractivity contribution in [1.29, 1.82) is 0 Å². The van der Waals surface area contributed by atoms with E-state index in [0.29, 0.717) is 0 Å². The molecule has 0 aliphatic heterocycles. The van der Waals surface area contributed by atoms with E-state index in [2.05, 4.69) is 0 Å². The molecule has 1 atom stereocenters. The number of nitrogens with one attached hydrogen (secondary N) is 1. The summed E-state index contributed by atoms with van der Waals surface area (Å²) in [5.74, 6) is 0. The molecule has 0 radical (unpaired) electrons. The normalized spacial score (nSPS) is 14.0. The van der Waals surface area contributed by atoms with Crippen molar-refractivity contribution in [3.63, 3.8) is 0 Å². The van der Waals surface area contributed by atoms with Gasteiger partial charge in [-0.1, -0.05) is 34.8 Å². The lowest BCUT2D eigenvalue weighted by Gasteiger charge is -2.22. The van der Waals surface area contributed by atoms with Gasteiger partial charge >= 0.3 is 6.18 Å². The second-order valence-corrected chi connectivity index (χ2v) is 3.86. The summed E-state index contributed by atoms with van der Waals surface area (Å²) in [4.78, 5) is 0. The lowest BCUT2D eigenvalue weighted by Crippen LogP contribution is -2.11. The van der Waals surface area contributed by atoms with Crippen LogP contribution >= 0.6 is 23.2 Å². The van der Waals surface area contributed by atoms with E-state index >= 15 is 0 Å². The Labute approximate surface area is 95.0 Å². The maximum absolute atomic E-state index is 12.0. The summed E-state index contributed by atoms with van der Waals surface area (Å²) in [7, 11) is 0. The molecule has 1 rings (SSSR count). The Kier molecular flexibility index (Phi) is 3.87. The van der Waals surface area contributed by atoms with Crippen molar-refractivity contribution < 1.29 is 13.2 Å². The molecule has 0 amide bonds. The molecule has 0 fully saturated rings. The Hall–Kier alpha value is -0.450. The molecule has 1 N–H and O–H groups in total. The number of alkyl halides is 3. The van der Waals surface area contributed by atoms with Crippen LogP contribution in [0.4, 0.5) is 13.2 Å². The Balaban J connectivity index is 2.83. The van der Waals surface area contributed by atoms with Gasteiger partial charge in [0, 0.05) is 6.42 Å². The summed E-state index contributed by atoms with van der Waals surface area (Å²) in [5, 5.41) is 0.424. The van der Waals surface area contributed by atoms with Gasteiger partial charge in [0.25, 0.3) is 0 Å². The van der Waals surface area contributed by atoms with Gasteiger partial charge in [-0.2, -0.15) is 13.2 Å². The molecule has 0 aliphatic rings. The standard InChI is InChI=1S/C9H7Cl2F3N/c10-6-2-1-5(3-7(6)11)8(15)4-9(12,13)14/h1-3,8,15H,4H2/q-1. The first-order valence-corrected chi connectivity index (χ1v) is 4.78. The van der Waals surface area contributed by atoms with Crippen LogP contribution in [0.15, 0.2) is 18.2 Å². The minimum Gasteiger partial charge on any atom is -0.671 e. The molecule has 0 aliphatic carbocycles. The van der Waals surface area contributed by atoms with Gasteiger partial charge in [-0.05, 0) is 12.1 Å². The molecule has 0 spiro atoms. The third-order valence-electron chi connectivity index (χ3n) is 1.78. The minimum atomic E-state index is -4.35. The fourth-order valence-corrected chi connectivity index (χ4v) is 1.38. The first-order valence-electron chi connectivity index (χ1n) is 4.02. The highest BCUT2D eigenvalue weighted by atomic mass is 35.5. The van der Waals surface area contributed by atoms with Crippen molar-refractivity contribution in [3.05, 3.63) is 39.5 Å². The van der Waals surface area contributed by atoms with Crippen molar-refractivity contribution in [1.82, 2.24) is 0 Å². The van der Waals surface area contributed by atoms with E-state index in [1.807, 2.05) is 0 Å². The van der Waals surface area contributed by atoms with E-state index < -0.39 is 18.6 Å². The van der Waals surface area contributed by atoms with E-state index in [1.165, 1.54) is 18.2 Å². The van der Waals surface area contributed by atoms with Crippen LogP contribution in [0.3, 0.4) is 0 Å². The number of hydrogen-bond donors (Lipinski definition) is 0. The van der Waals surface area contributed by atoms with Crippen LogP contribution in [-0.2, 0) is 0 Å². The highest BCUT2D eigenvalue weighted by Gasteiger charge is 2.28. The van der Waals surface area contributed by atoms with Crippen molar-refractivity contribution >= 4 is 23.2 Å². The topological polar surface area (TPSA) is 23.8 Å². The molecular formula is C9H7Cl2F3N-. The van der Waals surface area contributed by atoms with E-state index in [4.69, 9.17) is 28.9 Å². The Morgan fingerprint density at radius 1 is 1.20 bits per heavy atom. The molecule has 1 unspecified atom stereocenters. The average molecular weight is 257 g/mol. The van der Waals surface area contributed by atoms with E-state index in [9.17, 15) is 13.2 Å². The lowest BCUT2D eigenvalue weighted by molar-refractivity contribution is -0.136. The van der Waals surface area contributed by atoms with Crippen LogP contribution in [0, 0.1) is 0 Å². The monoisotopic (exact) mass is 256 g/mol. The first-order chi connectivity index (χ1) is 6.79. The molecule has 1 aromatic rings. The van der Waals surface area contributed by atoms with Crippen LogP contribution in [0.25, 0.3) is 5.73 Å². The Morgan fingerprint density at radius 3 is 2.27 bits per heavy atom. The molecule has 84 valence electrons. The maximum atomic E-state index is 12.0. The number of hydrogen-bond acceptors (Lipinski definition) is 0. The summed E-state index contributed by atoms with van der Waals surface area (Å²) in [6.07, 6.45) is -5.54. The minimum absolute atomic E-state index is 0.161. The molecule has 0 heterocycles. The van der Waals surface area contributed by atoms with Crippen molar-refractivity contribution in [3.8, 4) is 0 Å².